The number of fused-ring (bicyclic) bond motifs is 6. The number of methoxy groups -OCH3 is 2. The zero-order valence-corrected chi connectivity index (χ0v) is 49.9. The third-order valence-corrected chi connectivity index (χ3v) is 18.5. The van der Waals surface area contributed by atoms with Crippen molar-refractivity contribution >= 4 is 95.2 Å². The molecule has 0 radical (unpaired) electrons. The number of carboxylic acids is 1. The Labute approximate surface area is 483 Å². The molecule has 2 heterocycles. The van der Waals surface area contributed by atoms with Gasteiger partial charge in [0.15, 0.2) is 5.71 Å². The van der Waals surface area contributed by atoms with Crippen molar-refractivity contribution in [2.45, 2.75) is 89.2 Å². The highest BCUT2D eigenvalue weighted by Crippen LogP contribution is 2.55. The van der Waals surface area contributed by atoms with Crippen LogP contribution < -0.4 is 4.90 Å². The van der Waals surface area contributed by atoms with E-state index in [1.54, 1.807) is 67.5 Å². The number of anilines is 1. The van der Waals surface area contributed by atoms with E-state index < -0.39 is 92.7 Å². The third-order valence-electron chi connectivity index (χ3n) is 14.3. The fourth-order valence-corrected chi connectivity index (χ4v) is 13.6. The summed E-state index contributed by atoms with van der Waals surface area (Å²) in [5.41, 5.74) is -0.349. The van der Waals surface area contributed by atoms with Crippen LogP contribution >= 0.6 is 0 Å². The minimum atomic E-state index is -5.37. The normalized spacial score (nSPS) is 18.6. The van der Waals surface area contributed by atoms with Gasteiger partial charge in [0, 0.05) is 85.9 Å². The van der Waals surface area contributed by atoms with Crippen LogP contribution in [0.1, 0.15) is 69.9 Å². The van der Waals surface area contributed by atoms with Crippen LogP contribution in [0.3, 0.4) is 0 Å². The molecule has 2 atom stereocenters. The SMILES string of the molecule is COCCOCCOCCOCCC1(C)C(C=CC=CC=CC=C2N(CCOC)c3cc(S(=O)(=O)[O-])c4ccc(S(=O)(=O)[O-])cc4c3C2(C)CCCS(=O)(=O)[O-])=[N+](CCCCCC(=O)O)c2ccc3c(S(=O)(=O)[O-])cc(S(=O)(=O)[O-])cc3c21. The number of benzene rings is 4. The zero-order valence-electron chi connectivity index (χ0n) is 45.8. The Kier molecular flexibility index (Phi) is 22.4. The van der Waals surface area contributed by atoms with Crippen LogP contribution in [-0.2, 0) is 89.9 Å². The summed E-state index contributed by atoms with van der Waals surface area (Å²) in [6.45, 7) is 5.55. The van der Waals surface area contributed by atoms with Gasteiger partial charge in [-0.3, -0.25) is 4.79 Å². The Balaban J connectivity index is 1.45. The van der Waals surface area contributed by atoms with Gasteiger partial charge in [-0.25, -0.2) is 42.1 Å². The first kappa shape index (κ1) is 66.8. The molecule has 0 saturated carbocycles. The molecule has 24 nitrogen and oxygen atoms in total. The average molecular weight is 1250 g/mol. The van der Waals surface area contributed by atoms with Gasteiger partial charge in [-0.1, -0.05) is 36.4 Å². The number of carbonyl (C=O) groups is 1. The Bertz CT molecular complexity index is 3820. The smallest absolute Gasteiger partial charge is 0.303 e. The van der Waals surface area contributed by atoms with Crippen molar-refractivity contribution in [3.8, 4) is 0 Å². The Morgan fingerprint density at radius 1 is 0.578 bits per heavy atom. The summed E-state index contributed by atoms with van der Waals surface area (Å²) in [7, 11) is -22.9. The first-order valence-electron chi connectivity index (χ1n) is 26.0. The van der Waals surface area contributed by atoms with Gasteiger partial charge in [0.05, 0.1) is 81.4 Å². The lowest BCUT2D eigenvalue weighted by Crippen LogP contribution is -2.33. The molecule has 83 heavy (non-hydrogen) atoms. The number of aliphatic carboxylic acids is 1. The van der Waals surface area contributed by atoms with Gasteiger partial charge in [-0.15, -0.1) is 0 Å². The highest BCUT2D eigenvalue weighted by Gasteiger charge is 2.49. The summed E-state index contributed by atoms with van der Waals surface area (Å²) in [6.07, 6.45) is 12.5. The van der Waals surface area contributed by atoms with E-state index in [1.807, 2.05) is 11.5 Å². The monoisotopic (exact) mass is 1250 g/mol. The first-order chi connectivity index (χ1) is 38.9. The number of nitrogens with zero attached hydrogens (tertiary/aromatic N) is 2. The minimum absolute atomic E-state index is 0.00366. The standard InChI is InChI=1S/C54H68N2O22S5/c1-53(21-13-33-79(59,60)61)48(56(24-26-74-3)45-37-47(83(71,72)73)40-18-17-38(80(62,63)64)34-42(40)52(45)53)14-9-6-5-7-10-15-49-54(2,22-25-76-29-30-78-32-31-77-28-27-75-4)51-43-35-39(81(65,66)67)36-46(82(68,69)70)41(43)19-20-44(51)55(49)23-12-8-11-16-50(57)58/h5-7,9-10,14-15,17-20,34-37H,8,11-13,16,21-33H2,1-4H3,(H5-,57,58,59,60,61,62,63,64,65,66,67,68,69,70,71,72,73)/p-4. The molecule has 0 fully saturated rings. The van der Waals surface area contributed by atoms with Gasteiger partial charge in [-0.2, -0.15) is 4.58 Å². The lowest BCUT2D eigenvalue weighted by atomic mass is 9.75. The molecule has 29 heteroatoms. The Morgan fingerprint density at radius 3 is 1.72 bits per heavy atom. The molecule has 0 saturated heterocycles. The predicted molar refractivity (Wildman–Crippen MR) is 298 cm³/mol. The fourth-order valence-electron chi connectivity index (χ4n) is 10.6. The molecular weight excluding hydrogens is 1190 g/mol. The second-order valence-corrected chi connectivity index (χ2v) is 26.9. The Hall–Kier alpha value is -5.35. The number of allylic oxidation sites excluding steroid dienone is 8. The maximum Gasteiger partial charge on any atom is 0.303 e. The van der Waals surface area contributed by atoms with Crippen molar-refractivity contribution < 1.29 is 103 Å². The van der Waals surface area contributed by atoms with E-state index in [2.05, 4.69) is 0 Å². The van der Waals surface area contributed by atoms with E-state index in [9.17, 15) is 74.8 Å². The second kappa shape index (κ2) is 27.8. The molecule has 0 bridgehead atoms. The predicted octanol–water partition coefficient (Wildman–Crippen LogP) is 5.00. The quantitative estimate of drug-likeness (QED) is 0.0284. The van der Waals surface area contributed by atoms with Crippen molar-refractivity contribution in [2.75, 3.05) is 90.8 Å². The maximum atomic E-state index is 12.8. The molecule has 2 aliphatic heterocycles. The maximum absolute atomic E-state index is 12.8. The van der Waals surface area contributed by atoms with Gasteiger partial charge in [0.25, 0.3) is 0 Å². The molecule has 456 valence electrons. The second-order valence-electron chi connectivity index (χ2n) is 19.9. The van der Waals surface area contributed by atoms with Crippen LogP contribution in [0.5, 0.6) is 0 Å². The van der Waals surface area contributed by atoms with Crippen LogP contribution in [0.25, 0.3) is 21.5 Å². The summed E-state index contributed by atoms with van der Waals surface area (Å²) >= 11 is 0. The lowest BCUT2D eigenvalue weighted by molar-refractivity contribution is -0.438. The van der Waals surface area contributed by atoms with Crippen LogP contribution in [0, 0.1) is 0 Å². The van der Waals surface area contributed by atoms with Gasteiger partial charge in [-0.05, 0) is 110 Å². The van der Waals surface area contributed by atoms with E-state index in [4.69, 9.17) is 23.7 Å². The minimum Gasteiger partial charge on any atom is -0.748 e. The molecule has 0 amide bonds. The molecule has 4 aromatic rings. The van der Waals surface area contributed by atoms with Crippen LogP contribution in [0.15, 0.2) is 116 Å². The summed E-state index contributed by atoms with van der Waals surface area (Å²) in [5, 5.41) is 8.90. The van der Waals surface area contributed by atoms with Gasteiger partial charge < -0.3 is 56.5 Å². The highest BCUT2D eigenvalue weighted by atomic mass is 32.2. The molecule has 1 N–H and O–H groups in total. The molecule has 0 aromatic heterocycles. The fraction of sp³-hybridized carbons (Fsp3) is 0.444. The number of hydrogen-bond acceptors (Lipinski definition) is 22. The van der Waals surface area contributed by atoms with E-state index in [-0.39, 0.29) is 105 Å². The number of ether oxygens (including phenoxy) is 5. The highest BCUT2D eigenvalue weighted by molar-refractivity contribution is 7.87. The van der Waals surface area contributed by atoms with E-state index in [1.165, 1.54) is 13.2 Å². The Morgan fingerprint density at radius 2 is 1.13 bits per heavy atom. The number of carboxylic acid groups (broad SMARTS) is 1. The lowest BCUT2D eigenvalue weighted by Gasteiger charge is -2.31. The van der Waals surface area contributed by atoms with Crippen LogP contribution in [0.4, 0.5) is 11.4 Å². The molecule has 6 rings (SSSR count). The van der Waals surface area contributed by atoms with Crippen molar-refractivity contribution in [1.82, 2.24) is 0 Å². The van der Waals surface area contributed by atoms with Crippen molar-refractivity contribution in [2.24, 2.45) is 0 Å². The largest absolute Gasteiger partial charge is 0.748 e. The summed E-state index contributed by atoms with van der Waals surface area (Å²) in [5.74, 6) is -1.78. The topological polar surface area (TPSA) is 376 Å². The van der Waals surface area contributed by atoms with E-state index in [0.29, 0.717) is 67.8 Å². The molecule has 2 unspecified atom stereocenters. The number of unbranched alkanes of at least 4 members (excludes halogenated alkanes) is 2. The van der Waals surface area contributed by atoms with E-state index in [0.717, 1.165) is 30.3 Å². The van der Waals surface area contributed by atoms with Crippen molar-refractivity contribution in [1.29, 1.82) is 0 Å². The first-order valence-corrected chi connectivity index (χ1v) is 33.2. The molecule has 2 aliphatic rings. The third kappa shape index (κ3) is 16.6. The van der Waals surface area contributed by atoms with Crippen LogP contribution in [-0.4, -0.2) is 172 Å². The summed E-state index contributed by atoms with van der Waals surface area (Å²) < 4.78 is 216. The molecule has 0 aliphatic carbocycles. The van der Waals surface area contributed by atoms with Crippen LogP contribution in [0.2, 0.25) is 0 Å². The van der Waals surface area contributed by atoms with Gasteiger partial charge in [0.1, 0.15) is 47.0 Å². The molecule has 0 spiro atoms. The summed E-state index contributed by atoms with van der Waals surface area (Å²) in [4.78, 5) is 9.69. The van der Waals surface area contributed by atoms with E-state index >= 15 is 0 Å². The molecular formula is C54H64N2O22S5-4. The molecule has 4 aromatic carbocycles. The van der Waals surface area contributed by atoms with Crippen molar-refractivity contribution in [3.63, 3.8) is 0 Å². The average Bonchev–Trinajstić information content (AvgIpc) is 4.04. The van der Waals surface area contributed by atoms with Gasteiger partial charge >= 0.3 is 5.97 Å². The van der Waals surface area contributed by atoms with Gasteiger partial charge in [0.2, 0.25) is 5.69 Å². The van der Waals surface area contributed by atoms with Crippen molar-refractivity contribution in [3.05, 3.63) is 108 Å². The number of rotatable bonds is 33. The number of hydrogen-bond donors (Lipinski definition) is 1. The zero-order chi connectivity index (χ0) is 61.2. The summed E-state index contributed by atoms with van der Waals surface area (Å²) in [6, 6.07) is 8.51.